The Kier molecular flexibility index (Phi) is 2.84. The van der Waals surface area contributed by atoms with E-state index in [0.717, 1.165) is 11.1 Å². The van der Waals surface area contributed by atoms with Gasteiger partial charge in [-0.15, -0.1) is 0 Å². The third-order valence-electron chi connectivity index (χ3n) is 2.76. The van der Waals surface area contributed by atoms with Gasteiger partial charge in [0.1, 0.15) is 0 Å². The Hall–Kier alpha value is -1.90. The molecule has 17 heavy (non-hydrogen) atoms. The molecule has 1 N–H and O–H groups in total. The van der Waals surface area contributed by atoms with E-state index in [1.54, 1.807) is 12.4 Å². The second-order valence-electron chi connectivity index (χ2n) is 5.13. The molecule has 0 amide bonds. The molecule has 0 atom stereocenters. The Morgan fingerprint density at radius 1 is 1.06 bits per heavy atom. The fourth-order valence-electron chi connectivity index (χ4n) is 1.66. The monoisotopic (exact) mass is 228 g/mol. The molecule has 0 aliphatic rings. The number of H-pyrrole nitrogens is 1. The fourth-order valence-corrected chi connectivity index (χ4v) is 1.66. The molecule has 3 nitrogen and oxygen atoms in total. The highest BCUT2D eigenvalue weighted by molar-refractivity contribution is 5.61. The van der Waals surface area contributed by atoms with Crippen molar-refractivity contribution in [2.24, 2.45) is 0 Å². The van der Waals surface area contributed by atoms with Gasteiger partial charge in [-0.25, -0.2) is 9.78 Å². The van der Waals surface area contributed by atoms with Crippen LogP contribution >= 0.6 is 0 Å². The van der Waals surface area contributed by atoms with Gasteiger partial charge in [-0.1, -0.05) is 45.0 Å². The second-order valence-corrected chi connectivity index (χ2v) is 5.13. The van der Waals surface area contributed by atoms with Crippen LogP contribution in [0.25, 0.3) is 11.1 Å². The van der Waals surface area contributed by atoms with Gasteiger partial charge in [-0.3, -0.25) is 0 Å². The zero-order valence-electron chi connectivity index (χ0n) is 10.3. The predicted octanol–water partition coefficient (Wildman–Crippen LogP) is 2.73. The average molecular weight is 228 g/mol. The molecule has 0 saturated heterocycles. The predicted molar refractivity (Wildman–Crippen MR) is 69.0 cm³/mol. The summed E-state index contributed by atoms with van der Waals surface area (Å²) in [5.41, 5.74) is 3.10. The van der Waals surface area contributed by atoms with Crippen LogP contribution in [0.15, 0.2) is 41.5 Å². The lowest BCUT2D eigenvalue weighted by atomic mass is 9.86. The first-order valence-corrected chi connectivity index (χ1v) is 5.62. The van der Waals surface area contributed by atoms with E-state index < -0.39 is 0 Å². The lowest BCUT2D eigenvalue weighted by Crippen LogP contribution is -2.10. The van der Waals surface area contributed by atoms with Crippen LogP contribution in [0, 0.1) is 0 Å². The van der Waals surface area contributed by atoms with Crippen molar-refractivity contribution in [2.45, 2.75) is 26.2 Å². The standard InChI is InChI=1S/C14H16N2O/c1-14(2,3)12-6-4-10(5-7-12)11-8-15-13(17)16-9-11/h4-9H,1-3H3,(H,15,16,17). The molecule has 1 aromatic heterocycles. The van der Waals surface area contributed by atoms with Crippen molar-refractivity contribution < 1.29 is 0 Å². The van der Waals surface area contributed by atoms with Crippen molar-refractivity contribution >= 4 is 0 Å². The summed E-state index contributed by atoms with van der Waals surface area (Å²) >= 11 is 0. The number of aromatic amines is 1. The van der Waals surface area contributed by atoms with E-state index in [1.807, 2.05) is 0 Å². The van der Waals surface area contributed by atoms with E-state index in [9.17, 15) is 4.79 Å². The number of nitrogens with one attached hydrogen (secondary N) is 1. The van der Waals surface area contributed by atoms with Gasteiger partial charge in [0, 0.05) is 18.0 Å². The molecule has 0 bridgehead atoms. The van der Waals surface area contributed by atoms with Crippen molar-refractivity contribution in [1.82, 2.24) is 9.97 Å². The summed E-state index contributed by atoms with van der Waals surface area (Å²) < 4.78 is 0. The Morgan fingerprint density at radius 3 is 2.18 bits per heavy atom. The second kappa shape index (κ2) is 4.17. The van der Waals surface area contributed by atoms with Crippen molar-refractivity contribution in [3.8, 4) is 11.1 Å². The Morgan fingerprint density at radius 2 is 1.71 bits per heavy atom. The minimum absolute atomic E-state index is 0.155. The number of aromatic nitrogens is 2. The lowest BCUT2D eigenvalue weighted by Gasteiger charge is -2.19. The Bertz CT molecular complexity index is 542. The molecule has 0 unspecified atom stereocenters. The number of benzene rings is 1. The quantitative estimate of drug-likeness (QED) is 0.815. The maximum absolute atomic E-state index is 10.9. The highest BCUT2D eigenvalue weighted by Crippen LogP contribution is 2.25. The number of hydrogen-bond acceptors (Lipinski definition) is 2. The van der Waals surface area contributed by atoms with Gasteiger partial charge in [-0.05, 0) is 16.5 Å². The van der Waals surface area contributed by atoms with Gasteiger partial charge in [0.05, 0.1) is 0 Å². The molecule has 0 fully saturated rings. The summed E-state index contributed by atoms with van der Waals surface area (Å²) in [5.74, 6) is 0. The zero-order chi connectivity index (χ0) is 12.5. The molecule has 0 radical (unpaired) electrons. The molecular weight excluding hydrogens is 212 g/mol. The molecule has 1 aromatic carbocycles. The van der Waals surface area contributed by atoms with E-state index in [1.165, 1.54) is 5.56 Å². The van der Waals surface area contributed by atoms with Crippen molar-refractivity contribution in [1.29, 1.82) is 0 Å². The van der Waals surface area contributed by atoms with E-state index in [-0.39, 0.29) is 11.1 Å². The molecule has 2 aromatic rings. The van der Waals surface area contributed by atoms with Crippen LogP contribution in [-0.2, 0) is 5.41 Å². The van der Waals surface area contributed by atoms with Crippen LogP contribution in [0.4, 0.5) is 0 Å². The van der Waals surface area contributed by atoms with Crippen LogP contribution in [0.5, 0.6) is 0 Å². The number of rotatable bonds is 1. The van der Waals surface area contributed by atoms with Crippen LogP contribution in [0.1, 0.15) is 26.3 Å². The molecular formula is C14H16N2O. The average Bonchev–Trinajstić information content (AvgIpc) is 2.29. The molecule has 88 valence electrons. The third kappa shape index (κ3) is 2.61. The topological polar surface area (TPSA) is 45.8 Å². The Balaban J connectivity index is 2.36. The first-order valence-electron chi connectivity index (χ1n) is 5.62. The largest absolute Gasteiger partial charge is 0.344 e. The summed E-state index contributed by atoms with van der Waals surface area (Å²) in [6.07, 6.45) is 3.27. The van der Waals surface area contributed by atoms with E-state index >= 15 is 0 Å². The lowest BCUT2D eigenvalue weighted by molar-refractivity contribution is 0.590. The molecule has 0 saturated carbocycles. The maximum Gasteiger partial charge on any atom is 0.344 e. The molecule has 0 aliphatic carbocycles. The van der Waals surface area contributed by atoms with Crippen molar-refractivity contribution in [2.75, 3.05) is 0 Å². The third-order valence-corrected chi connectivity index (χ3v) is 2.76. The van der Waals surface area contributed by atoms with Gasteiger partial charge >= 0.3 is 5.69 Å². The van der Waals surface area contributed by atoms with Crippen molar-refractivity contribution in [3.63, 3.8) is 0 Å². The van der Waals surface area contributed by atoms with Crippen molar-refractivity contribution in [3.05, 3.63) is 52.7 Å². The summed E-state index contributed by atoms with van der Waals surface area (Å²) in [5, 5.41) is 0. The molecule has 1 heterocycles. The first-order chi connectivity index (χ1) is 7.97. The minimum atomic E-state index is -0.319. The first kappa shape index (κ1) is 11.6. The van der Waals surface area contributed by atoms with Crippen LogP contribution < -0.4 is 5.69 Å². The number of nitrogens with zero attached hydrogens (tertiary/aromatic N) is 1. The highest BCUT2D eigenvalue weighted by atomic mass is 16.1. The van der Waals surface area contributed by atoms with Gasteiger partial charge in [0.15, 0.2) is 0 Å². The van der Waals surface area contributed by atoms with E-state index in [4.69, 9.17) is 0 Å². The van der Waals surface area contributed by atoms with E-state index in [0.29, 0.717) is 0 Å². The molecule has 2 rings (SSSR count). The summed E-state index contributed by atoms with van der Waals surface area (Å²) in [6.45, 7) is 6.55. The van der Waals surface area contributed by atoms with Gasteiger partial charge in [-0.2, -0.15) is 0 Å². The van der Waals surface area contributed by atoms with Crippen LogP contribution in [-0.4, -0.2) is 9.97 Å². The summed E-state index contributed by atoms with van der Waals surface area (Å²) in [7, 11) is 0. The molecule has 0 aliphatic heterocycles. The van der Waals surface area contributed by atoms with Gasteiger partial charge in [0.25, 0.3) is 0 Å². The Labute approximate surface area is 101 Å². The minimum Gasteiger partial charge on any atom is -0.312 e. The smallest absolute Gasteiger partial charge is 0.312 e. The van der Waals surface area contributed by atoms with Gasteiger partial charge < -0.3 is 4.98 Å². The normalized spacial score (nSPS) is 11.5. The number of hydrogen-bond donors (Lipinski definition) is 1. The zero-order valence-corrected chi connectivity index (χ0v) is 10.3. The van der Waals surface area contributed by atoms with Gasteiger partial charge in [0.2, 0.25) is 0 Å². The SMILES string of the molecule is CC(C)(C)c1ccc(-c2cnc(=O)[nH]c2)cc1. The molecule has 3 heteroatoms. The molecule has 0 spiro atoms. The fraction of sp³-hybridized carbons (Fsp3) is 0.286. The van der Waals surface area contributed by atoms with E-state index in [2.05, 4.69) is 55.0 Å². The van der Waals surface area contributed by atoms with Crippen LogP contribution in [0.2, 0.25) is 0 Å². The highest BCUT2D eigenvalue weighted by Gasteiger charge is 2.12. The summed E-state index contributed by atoms with van der Waals surface area (Å²) in [6, 6.07) is 8.33. The van der Waals surface area contributed by atoms with Crippen LogP contribution in [0.3, 0.4) is 0 Å². The maximum atomic E-state index is 10.9. The summed E-state index contributed by atoms with van der Waals surface area (Å²) in [4.78, 5) is 17.2.